The van der Waals surface area contributed by atoms with Gasteiger partial charge >= 0.3 is 0 Å². The van der Waals surface area contributed by atoms with Crippen molar-refractivity contribution in [2.45, 2.75) is 20.4 Å². The molecular formula is C8H13N3O. The largest absolute Gasteiger partial charge is 0.411 e. The first kappa shape index (κ1) is 8.77. The van der Waals surface area contributed by atoms with Crippen molar-refractivity contribution in [1.29, 1.82) is 0 Å². The van der Waals surface area contributed by atoms with Gasteiger partial charge in [0.25, 0.3) is 0 Å². The lowest BCUT2D eigenvalue weighted by Crippen LogP contribution is -2.16. The minimum Gasteiger partial charge on any atom is -0.411 e. The van der Waals surface area contributed by atoms with Crippen LogP contribution in [0.5, 0.6) is 0 Å². The first-order chi connectivity index (χ1) is 5.74. The van der Waals surface area contributed by atoms with Gasteiger partial charge in [0.2, 0.25) is 0 Å². The van der Waals surface area contributed by atoms with E-state index in [0.717, 1.165) is 5.71 Å². The molecule has 0 fully saturated rings. The van der Waals surface area contributed by atoms with Gasteiger partial charge in [-0.15, -0.1) is 0 Å². The molecule has 1 heterocycles. The Labute approximate surface area is 71.5 Å². The molecule has 1 aromatic rings. The van der Waals surface area contributed by atoms with Gasteiger partial charge in [-0.25, -0.2) is 0 Å². The molecule has 0 aromatic carbocycles. The lowest BCUT2D eigenvalue weighted by molar-refractivity contribution is 0.313. The van der Waals surface area contributed by atoms with Crippen LogP contribution >= 0.6 is 0 Å². The Morgan fingerprint density at radius 3 is 2.83 bits per heavy atom. The summed E-state index contributed by atoms with van der Waals surface area (Å²) in [7, 11) is 0. The van der Waals surface area contributed by atoms with Gasteiger partial charge in [-0.3, -0.25) is 4.68 Å². The van der Waals surface area contributed by atoms with Gasteiger partial charge < -0.3 is 5.21 Å². The Hall–Kier alpha value is -1.32. The van der Waals surface area contributed by atoms with Crippen LogP contribution in [0.3, 0.4) is 0 Å². The fraction of sp³-hybridized carbons (Fsp3) is 0.500. The van der Waals surface area contributed by atoms with E-state index in [1.807, 2.05) is 26.1 Å². The molecule has 1 aromatic heterocycles. The lowest BCUT2D eigenvalue weighted by atomic mass is 10.1. The Balaban J connectivity index is 2.62. The third-order valence-corrected chi connectivity index (χ3v) is 1.68. The zero-order valence-corrected chi connectivity index (χ0v) is 7.31. The van der Waals surface area contributed by atoms with Crippen molar-refractivity contribution in [2.24, 2.45) is 11.1 Å². The predicted octanol–water partition coefficient (Wildman–Crippen LogP) is 1.37. The van der Waals surface area contributed by atoms with Crippen molar-refractivity contribution in [3.05, 3.63) is 18.5 Å². The monoisotopic (exact) mass is 167 g/mol. The van der Waals surface area contributed by atoms with Crippen molar-refractivity contribution >= 4 is 5.71 Å². The van der Waals surface area contributed by atoms with E-state index in [-0.39, 0.29) is 5.92 Å². The summed E-state index contributed by atoms with van der Waals surface area (Å²) in [5.74, 6) is 0.249. The molecule has 4 nitrogen and oxygen atoms in total. The van der Waals surface area contributed by atoms with Gasteiger partial charge in [0, 0.05) is 12.4 Å². The third-order valence-electron chi connectivity index (χ3n) is 1.68. The average molecular weight is 167 g/mol. The van der Waals surface area contributed by atoms with Crippen molar-refractivity contribution in [1.82, 2.24) is 9.78 Å². The SMILES string of the molecule is CC(C)C(Cn1cccn1)=NO. The quantitative estimate of drug-likeness (QED) is 0.420. The second-order valence-corrected chi connectivity index (χ2v) is 2.95. The number of hydrogen-bond donors (Lipinski definition) is 1. The zero-order valence-electron chi connectivity index (χ0n) is 7.31. The Kier molecular flexibility index (Phi) is 2.85. The second-order valence-electron chi connectivity index (χ2n) is 2.95. The lowest BCUT2D eigenvalue weighted by Gasteiger charge is -2.06. The summed E-state index contributed by atoms with van der Waals surface area (Å²) < 4.78 is 1.73. The fourth-order valence-corrected chi connectivity index (χ4v) is 0.890. The molecule has 0 aliphatic rings. The average Bonchev–Trinajstić information content (AvgIpc) is 2.51. The summed E-state index contributed by atoms with van der Waals surface area (Å²) in [6.45, 7) is 4.53. The molecule has 0 saturated carbocycles. The molecule has 0 aliphatic carbocycles. The maximum atomic E-state index is 8.64. The summed E-state index contributed by atoms with van der Waals surface area (Å²) in [5.41, 5.74) is 0.735. The molecule has 1 rings (SSSR count). The molecule has 0 aliphatic heterocycles. The van der Waals surface area contributed by atoms with Gasteiger partial charge in [0.15, 0.2) is 0 Å². The van der Waals surface area contributed by atoms with E-state index in [0.29, 0.717) is 6.54 Å². The molecule has 0 unspecified atom stereocenters. The normalized spacial score (nSPS) is 12.4. The summed E-state index contributed by atoms with van der Waals surface area (Å²) in [5, 5.41) is 15.9. The van der Waals surface area contributed by atoms with Crippen molar-refractivity contribution < 1.29 is 5.21 Å². The molecule has 0 atom stereocenters. The smallest absolute Gasteiger partial charge is 0.0827 e. The molecule has 0 spiro atoms. The summed E-state index contributed by atoms with van der Waals surface area (Å²) in [6, 6.07) is 1.84. The van der Waals surface area contributed by atoms with Gasteiger partial charge in [-0.1, -0.05) is 19.0 Å². The van der Waals surface area contributed by atoms with Crippen molar-refractivity contribution in [3.8, 4) is 0 Å². The molecule has 0 saturated heterocycles. The summed E-state index contributed by atoms with van der Waals surface area (Å²) in [4.78, 5) is 0. The van der Waals surface area contributed by atoms with Gasteiger partial charge in [0.05, 0.1) is 12.3 Å². The minimum absolute atomic E-state index is 0.249. The van der Waals surface area contributed by atoms with Crippen LogP contribution < -0.4 is 0 Å². The van der Waals surface area contributed by atoms with E-state index in [1.165, 1.54) is 0 Å². The Morgan fingerprint density at radius 1 is 1.67 bits per heavy atom. The van der Waals surface area contributed by atoms with Gasteiger partial charge in [-0.05, 0) is 12.0 Å². The number of rotatable bonds is 3. The van der Waals surface area contributed by atoms with Crippen LogP contribution in [0.2, 0.25) is 0 Å². The van der Waals surface area contributed by atoms with E-state index < -0.39 is 0 Å². The molecule has 1 N–H and O–H groups in total. The van der Waals surface area contributed by atoms with E-state index in [4.69, 9.17) is 5.21 Å². The predicted molar refractivity (Wildman–Crippen MR) is 46.3 cm³/mol. The molecule has 66 valence electrons. The summed E-state index contributed by atoms with van der Waals surface area (Å²) >= 11 is 0. The van der Waals surface area contributed by atoms with E-state index in [1.54, 1.807) is 10.9 Å². The topological polar surface area (TPSA) is 50.4 Å². The molecule has 0 amide bonds. The van der Waals surface area contributed by atoms with Crippen LogP contribution in [0.15, 0.2) is 23.6 Å². The molecular weight excluding hydrogens is 154 g/mol. The summed E-state index contributed by atoms with van der Waals surface area (Å²) in [6.07, 6.45) is 3.54. The standard InChI is InChI=1S/C8H13N3O/c1-7(2)8(10-12)6-11-5-3-4-9-11/h3-5,7,12H,6H2,1-2H3. The van der Waals surface area contributed by atoms with E-state index in [9.17, 15) is 0 Å². The third kappa shape index (κ3) is 2.08. The van der Waals surface area contributed by atoms with Gasteiger partial charge in [0.1, 0.15) is 0 Å². The van der Waals surface area contributed by atoms with E-state index >= 15 is 0 Å². The highest BCUT2D eigenvalue weighted by molar-refractivity contribution is 5.85. The van der Waals surface area contributed by atoms with Crippen LogP contribution in [-0.2, 0) is 6.54 Å². The number of aromatic nitrogens is 2. The van der Waals surface area contributed by atoms with Crippen LogP contribution in [0.25, 0.3) is 0 Å². The minimum atomic E-state index is 0.249. The number of hydrogen-bond acceptors (Lipinski definition) is 3. The fourth-order valence-electron chi connectivity index (χ4n) is 0.890. The number of oxime groups is 1. The Bertz CT molecular complexity index is 251. The highest BCUT2D eigenvalue weighted by Crippen LogP contribution is 1.99. The van der Waals surface area contributed by atoms with Crippen LogP contribution in [-0.4, -0.2) is 20.7 Å². The molecule has 0 radical (unpaired) electrons. The first-order valence-electron chi connectivity index (χ1n) is 3.92. The van der Waals surface area contributed by atoms with Crippen LogP contribution in [0.4, 0.5) is 0 Å². The maximum Gasteiger partial charge on any atom is 0.0827 e. The van der Waals surface area contributed by atoms with E-state index in [2.05, 4.69) is 10.3 Å². The Morgan fingerprint density at radius 2 is 2.42 bits per heavy atom. The van der Waals surface area contributed by atoms with Crippen molar-refractivity contribution in [3.63, 3.8) is 0 Å². The first-order valence-corrected chi connectivity index (χ1v) is 3.92. The molecule has 12 heavy (non-hydrogen) atoms. The highest BCUT2D eigenvalue weighted by Gasteiger charge is 2.06. The van der Waals surface area contributed by atoms with Crippen LogP contribution in [0, 0.1) is 5.92 Å². The molecule has 0 bridgehead atoms. The highest BCUT2D eigenvalue weighted by atomic mass is 16.4. The zero-order chi connectivity index (χ0) is 8.97. The number of nitrogens with zero attached hydrogens (tertiary/aromatic N) is 3. The second kappa shape index (κ2) is 3.90. The van der Waals surface area contributed by atoms with Crippen molar-refractivity contribution in [2.75, 3.05) is 0 Å². The maximum absolute atomic E-state index is 8.64. The molecule has 4 heteroatoms. The van der Waals surface area contributed by atoms with Crippen LogP contribution in [0.1, 0.15) is 13.8 Å². The van der Waals surface area contributed by atoms with Gasteiger partial charge in [-0.2, -0.15) is 5.10 Å².